The minimum Gasteiger partial charge on any atom is -0.496 e. The molecule has 1 saturated carbocycles. The molecule has 0 aromatic heterocycles. The smallest absolute Gasteiger partial charge is 0.157 e. The summed E-state index contributed by atoms with van der Waals surface area (Å²) in [5.41, 5.74) is 2.71. The van der Waals surface area contributed by atoms with Gasteiger partial charge in [0, 0.05) is 18.9 Å². The molecule has 2 aliphatic carbocycles. The molecule has 186 valence electrons. The number of hydrogen-bond acceptors (Lipinski definition) is 4. The van der Waals surface area contributed by atoms with E-state index in [-0.39, 0.29) is 18.3 Å². The molecule has 3 aliphatic rings. The predicted octanol–water partition coefficient (Wildman–Crippen LogP) is 6.91. The van der Waals surface area contributed by atoms with Crippen molar-refractivity contribution in [3.05, 3.63) is 29.3 Å². The van der Waals surface area contributed by atoms with Crippen LogP contribution < -0.4 is 4.74 Å². The van der Waals surface area contributed by atoms with E-state index in [4.69, 9.17) is 14.2 Å². The van der Waals surface area contributed by atoms with Gasteiger partial charge in [0.15, 0.2) is 6.29 Å². The first-order valence-electron chi connectivity index (χ1n) is 13.6. The maximum absolute atomic E-state index is 13.0. The van der Waals surface area contributed by atoms with Crippen molar-refractivity contribution in [2.75, 3.05) is 13.7 Å². The van der Waals surface area contributed by atoms with Crippen molar-refractivity contribution in [2.24, 2.45) is 17.8 Å². The zero-order valence-corrected chi connectivity index (χ0v) is 21.4. The molecule has 0 radical (unpaired) electrons. The molecule has 0 N–H and O–H groups in total. The normalized spacial score (nSPS) is 27.2. The van der Waals surface area contributed by atoms with E-state index < -0.39 is 0 Å². The Balaban J connectivity index is 0.00000149. The van der Waals surface area contributed by atoms with Gasteiger partial charge in [0.1, 0.15) is 11.5 Å². The summed E-state index contributed by atoms with van der Waals surface area (Å²) in [4.78, 5) is 13.0. The van der Waals surface area contributed by atoms with E-state index in [0.29, 0.717) is 17.6 Å². The monoisotopic (exact) mass is 458 g/mol. The van der Waals surface area contributed by atoms with Crippen LogP contribution in [-0.2, 0) is 27.1 Å². The summed E-state index contributed by atoms with van der Waals surface area (Å²) in [5, 5.41) is 0. The summed E-state index contributed by atoms with van der Waals surface area (Å²) < 4.78 is 17.9. The second-order valence-electron chi connectivity index (χ2n) is 9.83. The quantitative estimate of drug-likeness (QED) is 0.357. The number of ether oxygens (including phenoxy) is 3. The van der Waals surface area contributed by atoms with Crippen LogP contribution in [0, 0.1) is 17.8 Å². The summed E-state index contributed by atoms with van der Waals surface area (Å²) in [6, 6.07) is 6.37. The third-order valence-electron chi connectivity index (χ3n) is 7.78. The fraction of sp³-hybridized carbons (Fsp3) is 0.759. The highest BCUT2D eigenvalue weighted by molar-refractivity contribution is 5.84. The summed E-state index contributed by atoms with van der Waals surface area (Å²) in [6.07, 6.45) is 13.0. The number of ketones is 1. The second kappa shape index (κ2) is 13.5. The molecule has 2 unspecified atom stereocenters. The Morgan fingerprint density at radius 1 is 1.09 bits per heavy atom. The molecular weight excluding hydrogens is 412 g/mol. The van der Waals surface area contributed by atoms with Gasteiger partial charge in [-0.25, -0.2) is 0 Å². The molecule has 1 heterocycles. The van der Waals surface area contributed by atoms with Gasteiger partial charge < -0.3 is 14.2 Å². The Kier molecular flexibility index (Phi) is 10.7. The van der Waals surface area contributed by atoms with E-state index in [2.05, 4.69) is 25.1 Å². The molecular formula is C29H46O4. The molecule has 1 aliphatic heterocycles. The number of Topliss-reactive ketones (excluding diaryl/α,β-unsaturated/α-hetero) is 1. The lowest BCUT2D eigenvalue weighted by atomic mass is 9.73. The number of benzene rings is 1. The van der Waals surface area contributed by atoms with Gasteiger partial charge >= 0.3 is 0 Å². The van der Waals surface area contributed by atoms with Crippen molar-refractivity contribution in [3.8, 4) is 5.75 Å². The van der Waals surface area contributed by atoms with Gasteiger partial charge in [-0.1, -0.05) is 52.2 Å². The van der Waals surface area contributed by atoms with Gasteiger partial charge in [-0.3, -0.25) is 4.79 Å². The molecule has 1 saturated heterocycles. The van der Waals surface area contributed by atoms with E-state index in [9.17, 15) is 4.79 Å². The van der Waals surface area contributed by atoms with Crippen LogP contribution in [0.2, 0.25) is 0 Å². The minimum atomic E-state index is -0.0403. The van der Waals surface area contributed by atoms with Crippen molar-refractivity contribution in [2.45, 2.75) is 110 Å². The molecule has 4 rings (SSSR count). The number of carbonyl (C=O) groups excluding carboxylic acids is 1. The highest BCUT2D eigenvalue weighted by atomic mass is 16.7. The van der Waals surface area contributed by atoms with Gasteiger partial charge in [0.05, 0.1) is 13.2 Å². The van der Waals surface area contributed by atoms with Crippen LogP contribution in [0.1, 0.15) is 96.1 Å². The molecule has 2 fully saturated rings. The topological polar surface area (TPSA) is 44.8 Å². The van der Waals surface area contributed by atoms with E-state index in [0.717, 1.165) is 63.7 Å². The van der Waals surface area contributed by atoms with Crippen LogP contribution in [0.15, 0.2) is 18.2 Å². The van der Waals surface area contributed by atoms with Crippen LogP contribution in [0.25, 0.3) is 0 Å². The van der Waals surface area contributed by atoms with Crippen molar-refractivity contribution in [1.82, 2.24) is 0 Å². The Bertz CT molecular complexity index is 724. The van der Waals surface area contributed by atoms with Gasteiger partial charge in [-0.2, -0.15) is 0 Å². The largest absolute Gasteiger partial charge is 0.496 e. The summed E-state index contributed by atoms with van der Waals surface area (Å²) in [7, 11) is 1.75. The Hall–Kier alpha value is -1.39. The molecule has 0 spiro atoms. The predicted molar refractivity (Wildman–Crippen MR) is 134 cm³/mol. The number of carbonyl (C=O) groups is 1. The third kappa shape index (κ3) is 6.82. The molecule has 33 heavy (non-hydrogen) atoms. The number of fused-ring (bicyclic) bond motifs is 2. The van der Waals surface area contributed by atoms with Crippen molar-refractivity contribution in [3.63, 3.8) is 0 Å². The first-order valence-corrected chi connectivity index (χ1v) is 13.6. The summed E-state index contributed by atoms with van der Waals surface area (Å²) >= 11 is 0. The first kappa shape index (κ1) is 26.2. The third-order valence-corrected chi connectivity index (χ3v) is 7.78. The Labute approximate surface area is 201 Å². The zero-order chi connectivity index (χ0) is 23.6. The van der Waals surface area contributed by atoms with Gasteiger partial charge in [-0.15, -0.1) is 0 Å². The van der Waals surface area contributed by atoms with Gasteiger partial charge in [-0.05, 0) is 80.4 Å². The Morgan fingerprint density at radius 2 is 1.94 bits per heavy atom. The lowest BCUT2D eigenvalue weighted by Crippen LogP contribution is -2.30. The van der Waals surface area contributed by atoms with Gasteiger partial charge in [0.2, 0.25) is 0 Å². The van der Waals surface area contributed by atoms with E-state index >= 15 is 0 Å². The highest BCUT2D eigenvalue weighted by Crippen LogP contribution is 2.46. The average molecular weight is 459 g/mol. The number of methoxy groups -OCH3 is 1. The van der Waals surface area contributed by atoms with Crippen LogP contribution in [0.5, 0.6) is 5.75 Å². The number of rotatable bonds is 10. The molecule has 0 bridgehead atoms. The highest BCUT2D eigenvalue weighted by Gasteiger charge is 2.44. The summed E-state index contributed by atoms with van der Waals surface area (Å²) in [5.74, 6) is 2.61. The molecule has 1 aromatic carbocycles. The lowest BCUT2D eigenvalue weighted by molar-refractivity contribution is -0.191. The minimum absolute atomic E-state index is 0.0403. The molecule has 4 heteroatoms. The first-order chi connectivity index (χ1) is 16.2. The van der Waals surface area contributed by atoms with Crippen molar-refractivity contribution >= 4 is 5.78 Å². The average Bonchev–Trinajstić information content (AvgIpc) is 3.16. The van der Waals surface area contributed by atoms with E-state index in [1.165, 1.54) is 36.8 Å². The van der Waals surface area contributed by atoms with Crippen LogP contribution >= 0.6 is 0 Å². The number of hydrogen-bond donors (Lipinski definition) is 0. The zero-order valence-electron chi connectivity index (χ0n) is 21.4. The SMILES string of the molecule is CC.CCCCC[C@@H](CCC1C(=O)C[C@@H]2Cc3c(cccc3OC)C[C@H]12)OC1CCCCO1. The van der Waals surface area contributed by atoms with Crippen LogP contribution in [-0.4, -0.2) is 31.9 Å². The second-order valence-corrected chi connectivity index (χ2v) is 9.83. The standard InChI is InChI=1S/C27H40O4.C2H6/c1-3-4-5-10-21(31-27-12-6-7-15-30-27)13-14-22-23-16-19-9-8-11-26(29-2)24(19)17-20(23)18-25(22)28;1-2/h8-9,11,20-23,27H,3-7,10,12-18H2,1-2H3;1-2H3/t20-,21-,22?,23-,27?;/m0./s1. The molecule has 0 amide bonds. The Morgan fingerprint density at radius 3 is 2.67 bits per heavy atom. The van der Waals surface area contributed by atoms with Crippen molar-refractivity contribution < 1.29 is 19.0 Å². The maximum atomic E-state index is 13.0. The fourth-order valence-electron chi connectivity index (χ4n) is 6.08. The maximum Gasteiger partial charge on any atom is 0.157 e. The van der Waals surface area contributed by atoms with Crippen LogP contribution in [0.4, 0.5) is 0 Å². The van der Waals surface area contributed by atoms with E-state index in [1.54, 1.807) is 7.11 Å². The summed E-state index contributed by atoms with van der Waals surface area (Å²) in [6.45, 7) is 7.06. The van der Waals surface area contributed by atoms with Crippen molar-refractivity contribution in [1.29, 1.82) is 0 Å². The van der Waals surface area contributed by atoms with E-state index in [1.807, 2.05) is 13.8 Å². The molecule has 4 nitrogen and oxygen atoms in total. The lowest BCUT2D eigenvalue weighted by Gasteiger charge is -2.32. The molecule has 5 atom stereocenters. The van der Waals surface area contributed by atoms with Gasteiger partial charge in [0.25, 0.3) is 0 Å². The molecule has 1 aromatic rings. The fourth-order valence-corrected chi connectivity index (χ4v) is 6.08. The van der Waals surface area contributed by atoms with Crippen LogP contribution in [0.3, 0.4) is 0 Å². The number of unbranched alkanes of at least 4 members (excludes halogenated alkanes) is 2.